The van der Waals surface area contributed by atoms with Gasteiger partial charge in [0.05, 0.1) is 10.5 Å². The SMILES string of the molecule is N=S(=O)(NN)c1ccc(Oc2ccc(C(=O)N=C(N)N)cc2C(F)(F)F)cc1. The molecule has 0 aliphatic carbocycles. The molecule has 0 radical (unpaired) electrons. The molecule has 9 nitrogen and oxygen atoms in total. The molecule has 28 heavy (non-hydrogen) atoms. The topological polar surface area (TPSA) is 170 Å². The summed E-state index contributed by atoms with van der Waals surface area (Å²) in [6, 6.07) is 7.46. The summed E-state index contributed by atoms with van der Waals surface area (Å²) < 4.78 is 64.6. The number of ether oxygens (including phenoxy) is 1. The molecule has 1 atom stereocenters. The number of nitrogens with zero attached hydrogens (tertiary/aromatic N) is 1. The number of hydrogen-bond acceptors (Lipinski definition) is 5. The number of guanidine groups is 1. The van der Waals surface area contributed by atoms with Crippen molar-refractivity contribution in [1.82, 2.24) is 4.83 Å². The lowest BCUT2D eigenvalue weighted by Crippen LogP contribution is -2.29. The van der Waals surface area contributed by atoms with Crippen LogP contribution >= 0.6 is 0 Å². The van der Waals surface area contributed by atoms with Crippen molar-refractivity contribution in [3.8, 4) is 11.5 Å². The number of halogens is 3. The van der Waals surface area contributed by atoms with Crippen LogP contribution in [-0.4, -0.2) is 16.1 Å². The molecule has 1 amide bonds. The number of hydrazine groups is 1. The van der Waals surface area contributed by atoms with Crippen molar-refractivity contribution in [1.29, 1.82) is 4.78 Å². The lowest BCUT2D eigenvalue weighted by Gasteiger charge is -2.15. The Hall–Kier alpha value is -3.16. The van der Waals surface area contributed by atoms with Gasteiger partial charge in [0.1, 0.15) is 21.4 Å². The van der Waals surface area contributed by atoms with Gasteiger partial charge in [0.2, 0.25) is 0 Å². The molecule has 2 aromatic carbocycles. The third-order valence-corrected chi connectivity index (χ3v) is 4.58. The quantitative estimate of drug-likeness (QED) is 0.215. The predicted molar refractivity (Wildman–Crippen MR) is 94.6 cm³/mol. The summed E-state index contributed by atoms with van der Waals surface area (Å²) in [5.74, 6) is 2.79. The minimum Gasteiger partial charge on any atom is -0.457 e. The third kappa shape index (κ3) is 4.97. The fourth-order valence-corrected chi connectivity index (χ4v) is 2.71. The first-order chi connectivity index (χ1) is 12.9. The Kier molecular flexibility index (Phi) is 5.92. The Balaban J connectivity index is 2.40. The molecule has 8 N–H and O–H groups in total. The number of benzene rings is 2. The normalized spacial score (nSPS) is 13.4. The number of rotatable bonds is 5. The molecule has 0 aliphatic heterocycles. The predicted octanol–water partition coefficient (Wildman–Crippen LogP) is 1.70. The fraction of sp³-hybridized carbons (Fsp3) is 0.0667. The molecule has 0 saturated carbocycles. The molecule has 1 unspecified atom stereocenters. The van der Waals surface area contributed by atoms with Crippen molar-refractivity contribution in [3.63, 3.8) is 0 Å². The summed E-state index contributed by atoms with van der Waals surface area (Å²) in [5.41, 5.74) is 8.50. The highest BCUT2D eigenvalue weighted by molar-refractivity contribution is 7.90. The molecular weight excluding hydrogens is 401 g/mol. The van der Waals surface area contributed by atoms with Crippen LogP contribution in [0.5, 0.6) is 11.5 Å². The van der Waals surface area contributed by atoms with Gasteiger partial charge < -0.3 is 16.2 Å². The molecule has 0 bridgehead atoms. The Bertz CT molecular complexity index is 1020. The zero-order valence-electron chi connectivity index (χ0n) is 14.0. The highest BCUT2D eigenvalue weighted by Gasteiger charge is 2.35. The van der Waals surface area contributed by atoms with Crippen LogP contribution in [-0.2, 0) is 16.1 Å². The van der Waals surface area contributed by atoms with Crippen LogP contribution in [0.4, 0.5) is 13.2 Å². The molecule has 2 rings (SSSR count). The maximum Gasteiger partial charge on any atom is 0.420 e. The van der Waals surface area contributed by atoms with E-state index in [0.29, 0.717) is 6.07 Å². The van der Waals surface area contributed by atoms with Crippen molar-refractivity contribution >= 4 is 21.8 Å². The molecule has 0 fully saturated rings. The van der Waals surface area contributed by atoms with Crippen LogP contribution in [0.3, 0.4) is 0 Å². The second kappa shape index (κ2) is 7.84. The molecule has 0 saturated heterocycles. The van der Waals surface area contributed by atoms with Gasteiger partial charge in [-0.1, -0.05) is 0 Å². The summed E-state index contributed by atoms with van der Waals surface area (Å²) in [7, 11) is -3.42. The molecule has 0 aliphatic rings. The van der Waals surface area contributed by atoms with Crippen LogP contribution in [0.2, 0.25) is 0 Å². The Labute approximate surface area is 157 Å². The third-order valence-electron chi connectivity index (χ3n) is 3.31. The van der Waals surface area contributed by atoms with E-state index < -0.39 is 39.3 Å². The van der Waals surface area contributed by atoms with Crippen molar-refractivity contribution in [2.75, 3.05) is 0 Å². The van der Waals surface area contributed by atoms with Gasteiger partial charge in [0, 0.05) is 5.56 Å². The maximum absolute atomic E-state index is 13.4. The van der Waals surface area contributed by atoms with E-state index in [1.165, 1.54) is 24.3 Å². The average molecular weight is 416 g/mol. The van der Waals surface area contributed by atoms with Gasteiger partial charge in [-0.2, -0.15) is 23.0 Å². The van der Waals surface area contributed by atoms with Crippen molar-refractivity contribution in [2.45, 2.75) is 11.1 Å². The number of alkyl halides is 3. The van der Waals surface area contributed by atoms with Crippen molar-refractivity contribution in [3.05, 3.63) is 53.6 Å². The lowest BCUT2D eigenvalue weighted by atomic mass is 10.1. The molecule has 2 aromatic rings. The number of carbonyl (C=O) groups excluding carboxylic acids is 1. The molecule has 0 aromatic heterocycles. The van der Waals surface area contributed by atoms with Crippen LogP contribution in [0, 0.1) is 4.78 Å². The van der Waals surface area contributed by atoms with Gasteiger partial charge in [-0.15, -0.1) is 0 Å². The fourth-order valence-electron chi connectivity index (χ4n) is 2.05. The highest BCUT2D eigenvalue weighted by Crippen LogP contribution is 2.39. The Morgan fingerprint density at radius 3 is 2.25 bits per heavy atom. The summed E-state index contributed by atoms with van der Waals surface area (Å²) in [6.07, 6.45) is -4.83. The summed E-state index contributed by atoms with van der Waals surface area (Å²) in [6.45, 7) is 0. The van der Waals surface area contributed by atoms with Crippen molar-refractivity contribution in [2.24, 2.45) is 22.3 Å². The van der Waals surface area contributed by atoms with Crippen LogP contribution in [0.25, 0.3) is 0 Å². The Morgan fingerprint density at radius 1 is 1.14 bits per heavy atom. The van der Waals surface area contributed by atoms with Gasteiger partial charge in [-0.05, 0) is 42.5 Å². The van der Waals surface area contributed by atoms with E-state index in [4.69, 9.17) is 26.8 Å². The van der Waals surface area contributed by atoms with E-state index in [9.17, 15) is 22.2 Å². The van der Waals surface area contributed by atoms with E-state index in [0.717, 1.165) is 12.1 Å². The van der Waals surface area contributed by atoms with E-state index >= 15 is 0 Å². The minimum atomic E-state index is -4.83. The lowest BCUT2D eigenvalue weighted by molar-refractivity contribution is -0.138. The van der Waals surface area contributed by atoms with Gasteiger partial charge in [-0.25, -0.2) is 8.99 Å². The van der Waals surface area contributed by atoms with Gasteiger partial charge in [0.15, 0.2) is 5.96 Å². The first kappa shape index (κ1) is 21.1. The average Bonchev–Trinajstić information content (AvgIpc) is 2.61. The second-order valence-corrected chi connectivity index (χ2v) is 7.12. The zero-order chi connectivity index (χ0) is 21.1. The maximum atomic E-state index is 13.4. The number of aliphatic imine (C=N–C) groups is 1. The largest absolute Gasteiger partial charge is 0.457 e. The van der Waals surface area contributed by atoms with E-state index in [2.05, 4.69) is 4.99 Å². The van der Waals surface area contributed by atoms with E-state index in [-0.39, 0.29) is 16.2 Å². The van der Waals surface area contributed by atoms with Gasteiger partial charge >= 0.3 is 6.18 Å². The Morgan fingerprint density at radius 2 is 1.75 bits per heavy atom. The monoisotopic (exact) mass is 416 g/mol. The molecule has 150 valence electrons. The minimum absolute atomic E-state index is 0.0107. The number of nitrogens with one attached hydrogen (secondary N) is 2. The summed E-state index contributed by atoms with van der Waals surface area (Å²) in [5, 5.41) is 0. The first-order valence-corrected chi connectivity index (χ1v) is 8.89. The summed E-state index contributed by atoms with van der Waals surface area (Å²) >= 11 is 0. The number of nitrogens with two attached hydrogens (primary N) is 3. The van der Waals surface area contributed by atoms with E-state index in [1.54, 1.807) is 0 Å². The van der Waals surface area contributed by atoms with Crippen LogP contribution < -0.4 is 26.9 Å². The van der Waals surface area contributed by atoms with Gasteiger partial charge in [-0.3, -0.25) is 10.6 Å². The number of amides is 1. The smallest absolute Gasteiger partial charge is 0.420 e. The molecule has 0 spiro atoms. The highest BCUT2D eigenvalue weighted by atomic mass is 32.2. The number of carbonyl (C=O) groups is 1. The number of hydrogen-bond donors (Lipinski definition) is 5. The summed E-state index contributed by atoms with van der Waals surface area (Å²) in [4.78, 5) is 16.8. The standard InChI is InChI=1S/C15H15F3N6O3S/c16-15(17,18)11-7-8(13(25)23-14(19)20)1-6-12(11)27-9-2-4-10(5-3-9)28(22,26)24-21/h1-7H,21H2,(H2,22,24,26)(H4,19,20,23,25). The zero-order valence-corrected chi connectivity index (χ0v) is 14.8. The molecule has 13 heteroatoms. The van der Waals surface area contributed by atoms with Crippen molar-refractivity contribution < 1.29 is 26.9 Å². The molecule has 0 heterocycles. The van der Waals surface area contributed by atoms with E-state index in [1.807, 2.05) is 4.83 Å². The first-order valence-electron chi connectivity index (χ1n) is 7.33. The van der Waals surface area contributed by atoms with Gasteiger partial charge in [0.25, 0.3) is 5.91 Å². The second-order valence-electron chi connectivity index (χ2n) is 5.30. The van der Waals surface area contributed by atoms with Crippen LogP contribution in [0.15, 0.2) is 52.4 Å². The van der Waals surface area contributed by atoms with Crippen LogP contribution in [0.1, 0.15) is 15.9 Å². The molecular formula is C15H15F3N6O3S.